The van der Waals surface area contributed by atoms with Crippen LogP contribution in [0.4, 0.5) is 18.2 Å². The number of alkyl halides is 3. The number of nitrogens with one attached hydrogen (secondary N) is 1. The van der Waals surface area contributed by atoms with E-state index in [-0.39, 0.29) is 29.9 Å². The van der Waals surface area contributed by atoms with Gasteiger partial charge >= 0.3 is 12.1 Å². The van der Waals surface area contributed by atoms with E-state index in [1.807, 2.05) is 0 Å². The molecular formula is C27H23F3N4O5S. The summed E-state index contributed by atoms with van der Waals surface area (Å²) in [4.78, 5) is 31.5. The highest BCUT2D eigenvalue weighted by Gasteiger charge is 2.36. The van der Waals surface area contributed by atoms with Crippen LogP contribution in [0.2, 0.25) is 0 Å². The number of halogens is 3. The van der Waals surface area contributed by atoms with E-state index in [4.69, 9.17) is 14.2 Å². The second kappa shape index (κ2) is 9.81. The summed E-state index contributed by atoms with van der Waals surface area (Å²) in [5.74, 6) is -0.433. The number of rotatable bonds is 5. The first-order chi connectivity index (χ1) is 19.1. The number of ether oxygens (including phenoxy) is 3. The van der Waals surface area contributed by atoms with Crippen molar-refractivity contribution in [3.05, 3.63) is 57.7 Å². The Bertz CT molecular complexity index is 1660. The molecule has 1 aromatic carbocycles. The molecule has 40 heavy (non-hydrogen) atoms. The summed E-state index contributed by atoms with van der Waals surface area (Å²) in [6, 6.07) is 6.76. The third-order valence-electron chi connectivity index (χ3n) is 6.56. The van der Waals surface area contributed by atoms with Gasteiger partial charge in [-0.25, -0.2) is 14.3 Å². The minimum atomic E-state index is -4.79. The molecule has 2 aliphatic rings. The van der Waals surface area contributed by atoms with Crippen LogP contribution in [0.5, 0.6) is 11.5 Å². The van der Waals surface area contributed by atoms with E-state index in [1.54, 1.807) is 32.0 Å². The molecule has 0 saturated carbocycles. The molecule has 9 nitrogen and oxygen atoms in total. The van der Waals surface area contributed by atoms with Crippen LogP contribution in [-0.2, 0) is 23.8 Å². The van der Waals surface area contributed by atoms with Gasteiger partial charge in [0, 0.05) is 16.5 Å². The molecule has 0 fully saturated rings. The number of thiophene rings is 1. The van der Waals surface area contributed by atoms with Gasteiger partial charge < -0.3 is 19.5 Å². The number of esters is 1. The summed E-state index contributed by atoms with van der Waals surface area (Å²) in [6.45, 7) is 3.48. The number of carbonyl (C=O) groups excluding carboxylic acids is 2. The standard InChI is InChI=1S/C27H23F3N4O5S/c1-13(2)39-26(36)23-15-5-3-4-6-20(15)40-25(23)32-24(35)17-11-22-31-16(10-21(27(28,29)30)34(22)33-17)14-7-8-18-19(9-14)38-12-37-18/h7-11,13H,3-6,12H2,1-2H3,(H,32,35). The Balaban J connectivity index is 1.38. The Morgan fingerprint density at radius 2 is 1.88 bits per heavy atom. The normalized spacial score (nSPS) is 14.4. The molecule has 0 radical (unpaired) electrons. The fourth-order valence-corrected chi connectivity index (χ4v) is 6.07. The molecule has 1 aliphatic carbocycles. The summed E-state index contributed by atoms with van der Waals surface area (Å²) in [6.07, 6.45) is -1.83. The minimum Gasteiger partial charge on any atom is -0.459 e. The van der Waals surface area contributed by atoms with Gasteiger partial charge in [-0.05, 0) is 69.4 Å². The monoisotopic (exact) mass is 572 g/mol. The average molecular weight is 573 g/mol. The fourth-order valence-electron chi connectivity index (χ4n) is 4.80. The second-order valence-corrected chi connectivity index (χ2v) is 10.8. The Kier molecular flexibility index (Phi) is 6.40. The van der Waals surface area contributed by atoms with E-state index in [1.165, 1.54) is 17.4 Å². The maximum atomic E-state index is 14.1. The van der Waals surface area contributed by atoms with Crippen LogP contribution in [0.15, 0.2) is 30.3 Å². The van der Waals surface area contributed by atoms with Crippen molar-refractivity contribution in [3.8, 4) is 22.8 Å². The smallest absolute Gasteiger partial charge is 0.433 e. The minimum absolute atomic E-state index is 0.0181. The van der Waals surface area contributed by atoms with Gasteiger partial charge in [-0.1, -0.05) is 0 Å². The van der Waals surface area contributed by atoms with Gasteiger partial charge in [0.15, 0.2) is 28.5 Å². The van der Waals surface area contributed by atoms with E-state index in [0.717, 1.165) is 35.8 Å². The zero-order valence-corrected chi connectivity index (χ0v) is 22.2. The molecule has 4 aromatic rings. The number of aryl methyl sites for hydroxylation is 1. The number of hydrogen-bond donors (Lipinski definition) is 1. The van der Waals surface area contributed by atoms with E-state index in [0.29, 0.717) is 38.6 Å². The summed E-state index contributed by atoms with van der Waals surface area (Å²) in [7, 11) is 0. The molecule has 6 rings (SSSR count). The van der Waals surface area contributed by atoms with Gasteiger partial charge in [-0.3, -0.25) is 4.79 Å². The number of carbonyl (C=O) groups is 2. The topological polar surface area (TPSA) is 104 Å². The molecule has 0 saturated heterocycles. The highest BCUT2D eigenvalue weighted by atomic mass is 32.1. The number of aromatic nitrogens is 3. The molecule has 0 bridgehead atoms. The number of nitrogens with zero attached hydrogens (tertiary/aromatic N) is 3. The van der Waals surface area contributed by atoms with E-state index in [2.05, 4.69) is 15.4 Å². The van der Waals surface area contributed by atoms with Gasteiger partial charge in [0.05, 0.1) is 17.4 Å². The van der Waals surface area contributed by atoms with Crippen molar-refractivity contribution in [3.63, 3.8) is 0 Å². The lowest BCUT2D eigenvalue weighted by Crippen LogP contribution is -2.18. The fraction of sp³-hybridized carbons (Fsp3) is 0.333. The van der Waals surface area contributed by atoms with Crippen molar-refractivity contribution >= 4 is 33.9 Å². The Labute approximate surface area is 229 Å². The summed E-state index contributed by atoms with van der Waals surface area (Å²) in [5.41, 5.74) is -0.00666. The van der Waals surface area contributed by atoms with Crippen molar-refractivity contribution in [2.75, 3.05) is 12.1 Å². The first-order valence-electron chi connectivity index (χ1n) is 12.6. The Morgan fingerprint density at radius 1 is 1.10 bits per heavy atom. The number of hydrogen-bond acceptors (Lipinski definition) is 8. The lowest BCUT2D eigenvalue weighted by molar-refractivity contribution is -0.142. The first-order valence-corrected chi connectivity index (χ1v) is 13.4. The average Bonchev–Trinajstić information content (AvgIpc) is 3.62. The van der Waals surface area contributed by atoms with Crippen LogP contribution in [0.3, 0.4) is 0 Å². The third kappa shape index (κ3) is 4.74. The lowest BCUT2D eigenvalue weighted by Gasteiger charge is -2.14. The van der Waals surface area contributed by atoms with Crippen LogP contribution in [0.1, 0.15) is 63.7 Å². The molecule has 13 heteroatoms. The quantitative estimate of drug-likeness (QED) is 0.297. The maximum absolute atomic E-state index is 14.1. The van der Waals surface area contributed by atoms with E-state index in [9.17, 15) is 22.8 Å². The number of fused-ring (bicyclic) bond motifs is 3. The molecule has 1 aliphatic heterocycles. The summed E-state index contributed by atoms with van der Waals surface area (Å²) < 4.78 is 58.9. The maximum Gasteiger partial charge on any atom is 0.433 e. The third-order valence-corrected chi connectivity index (χ3v) is 7.77. The summed E-state index contributed by atoms with van der Waals surface area (Å²) in [5, 5.41) is 6.93. The molecule has 1 N–H and O–H groups in total. The van der Waals surface area contributed by atoms with E-state index < -0.39 is 23.7 Å². The number of amides is 1. The van der Waals surface area contributed by atoms with Gasteiger partial charge in [0.25, 0.3) is 5.91 Å². The molecule has 0 atom stereocenters. The molecule has 208 valence electrons. The van der Waals surface area contributed by atoms with Crippen molar-refractivity contribution < 1.29 is 37.0 Å². The molecular weight excluding hydrogens is 549 g/mol. The zero-order valence-electron chi connectivity index (χ0n) is 21.4. The van der Waals surface area contributed by atoms with Gasteiger partial charge in [-0.15, -0.1) is 11.3 Å². The van der Waals surface area contributed by atoms with Gasteiger partial charge in [0.1, 0.15) is 5.00 Å². The largest absolute Gasteiger partial charge is 0.459 e. The van der Waals surface area contributed by atoms with Crippen LogP contribution < -0.4 is 14.8 Å². The first kappa shape index (κ1) is 26.1. The molecule has 4 heterocycles. The molecule has 3 aromatic heterocycles. The van der Waals surface area contributed by atoms with Gasteiger partial charge in [-0.2, -0.15) is 18.3 Å². The molecule has 1 amide bonds. The van der Waals surface area contributed by atoms with Crippen molar-refractivity contribution in [1.82, 2.24) is 14.6 Å². The lowest BCUT2D eigenvalue weighted by atomic mass is 9.95. The SMILES string of the molecule is CC(C)OC(=O)c1c(NC(=O)c2cc3nc(-c4ccc5c(c4)OCO5)cc(C(F)(F)F)n3n2)sc2c1CCCC2. The predicted molar refractivity (Wildman–Crippen MR) is 139 cm³/mol. The highest BCUT2D eigenvalue weighted by Crippen LogP contribution is 2.40. The number of benzene rings is 1. The van der Waals surface area contributed by atoms with Crippen molar-refractivity contribution in [2.45, 2.75) is 51.8 Å². The van der Waals surface area contributed by atoms with Crippen molar-refractivity contribution in [1.29, 1.82) is 0 Å². The second-order valence-electron chi connectivity index (χ2n) is 9.72. The van der Waals surface area contributed by atoms with Crippen molar-refractivity contribution in [2.24, 2.45) is 0 Å². The molecule has 0 spiro atoms. The number of anilines is 1. The van der Waals surface area contributed by atoms with Crippen LogP contribution in [-0.4, -0.2) is 39.4 Å². The van der Waals surface area contributed by atoms with Crippen LogP contribution >= 0.6 is 11.3 Å². The van der Waals surface area contributed by atoms with Crippen LogP contribution in [0, 0.1) is 0 Å². The van der Waals surface area contributed by atoms with Gasteiger partial charge in [0.2, 0.25) is 6.79 Å². The predicted octanol–water partition coefficient (Wildman–Crippen LogP) is 5.90. The Morgan fingerprint density at radius 3 is 2.65 bits per heavy atom. The molecule has 0 unspecified atom stereocenters. The highest BCUT2D eigenvalue weighted by molar-refractivity contribution is 7.17. The Hall–Kier alpha value is -4.13. The summed E-state index contributed by atoms with van der Waals surface area (Å²) >= 11 is 1.28. The van der Waals surface area contributed by atoms with Crippen LogP contribution in [0.25, 0.3) is 16.9 Å². The van der Waals surface area contributed by atoms with E-state index >= 15 is 0 Å². The zero-order chi connectivity index (χ0) is 28.2.